The molecular formula is C44H28N6. The Balaban J connectivity index is 1.20. The Hall–Kier alpha value is -6.92. The van der Waals surface area contributed by atoms with Crippen molar-refractivity contribution < 1.29 is 0 Å². The summed E-state index contributed by atoms with van der Waals surface area (Å²) >= 11 is 0. The van der Waals surface area contributed by atoms with Gasteiger partial charge >= 0.3 is 0 Å². The molecule has 0 spiro atoms. The van der Waals surface area contributed by atoms with Crippen LogP contribution in [0, 0.1) is 0 Å². The van der Waals surface area contributed by atoms with E-state index in [0.717, 1.165) is 60.8 Å². The number of nitrogens with zero attached hydrogens (tertiary/aromatic N) is 6. The molecule has 3 heterocycles. The van der Waals surface area contributed by atoms with Gasteiger partial charge in [0.2, 0.25) is 0 Å². The van der Waals surface area contributed by atoms with Gasteiger partial charge in [-0.15, -0.1) is 0 Å². The maximum atomic E-state index is 5.19. The molecule has 50 heavy (non-hydrogen) atoms. The van der Waals surface area contributed by atoms with Crippen LogP contribution in [0.5, 0.6) is 0 Å². The van der Waals surface area contributed by atoms with E-state index in [1.54, 1.807) is 6.20 Å². The number of rotatable bonds is 6. The lowest BCUT2D eigenvalue weighted by Crippen LogP contribution is -2.01. The second kappa shape index (κ2) is 12.6. The molecule has 0 radical (unpaired) electrons. The van der Waals surface area contributed by atoms with E-state index in [9.17, 15) is 0 Å². The number of hydrogen-bond acceptors (Lipinski definition) is 6. The van der Waals surface area contributed by atoms with Crippen LogP contribution in [0.3, 0.4) is 0 Å². The molecule has 0 aliphatic rings. The lowest BCUT2D eigenvalue weighted by molar-refractivity contribution is 1.06. The van der Waals surface area contributed by atoms with E-state index in [1.807, 2.05) is 97.1 Å². The summed E-state index contributed by atoms with van der Waals surface area (Å²) in [7, 11) is 0. The number of aromatic nitrogens is 6. The standard InChI is InChI=1S/C44H28N6/c1-4-13-30(14-5-1)39-36-25-24-29-22-23-34(28-37(29)40(36)47-41(46-39)31-15-6-2-7-16-31)33-19-12-20-35(27-33)43-48-42(32-17-8-3-9-18-32)49-44(50-43)38-21-10-11-26-45-38/h1-28H. The van der Waals surface area contributed by atoms with E-state index in [2.05, 4.69) is 71.7 Å². The van der Waals surface area contributed by atoms with Gasteiger partial charge in [0.25, 0.3) is 0 Å². The Morgan fingerprint density at radius 1 is 0.320 bits per heavy atom. The Morgan fingerprint density at radius 2 is 0.880 bits per heavy atom. The third-order valence-corrected chi connectivity index (χ3v) is 8.78. The quantitative estimate of drug-likeness (QED) is 0.168. The van der Waals surface area contributed by atoms with E-state index < -0.39 is 0 Å². The third kappa shape index (κ3) is 5.55. The van der Waals surface area contributed by atoms with Crippen LogP contribution >= 0.6 is 0 Å². The van der Waals surface area contributed by atoms with Crippen LogP contribution in [0.15, 0.2) is 170 Å². The molecule has 0 aliphatic heterocycles. The second-order valence-corrected chi connectivity index (χ2v) is 12.0. The van der Waals surface area contributed by atoms with Gasteiger partial charge in [0.05, 0.1) is 11.2 Å². The average Bonchev–Trinajstić information content (AvgIpc) is 3.21. The normalized spacial score (nSPS) is 11.2. The summed E-state index contributed by atoms with van der Waals surface area (Å²) < 4.78 is 0. The highest BCUT2D eigenvalue weighted by molar-refractivity contribution is 6.10. The molecule has 6 aromatic carbocycles. The fraction of sp³-hybridized carbons (Fsp3) is 0. The maximum absolute atomic E-state index is 5.19. The van der Waals surface area contributed by atoms with Crippen LogP contribution in [-0.4, -0.2) is 29.9 Å². The summed E-state index contributed by atoms with van der Waals surface area (Å²) in [5.41, 5.74) is 8.46. The van der Waals surface area contributed by atoms with Crippen LogP contribution < -0.4 is 0 Å². The van der Waals surface area contributed by atoms with Crippen LogP contribution in [0.2, 0.25) is 0 Å². The van der Waals surface area contributed by atoms with Crippen molar-refractivity contribution in [2.45, 2.75) is 0 Å². The fourth-order valence-corrected chi connectivity index (χ4v) is 6.29. The first-order valence-corrected chi connectivity index (χ1v) is 16.5. The first-order valence-electron chi connectivity index (χ1n) is 16.5. The predicted octanol–water partition coefficient (Wildman–Crippen LogP) is 10.4. The molecule has 6 heteroatoms. The van der Waals surface area contributed by atoms with E-state index in [-0.39, 0.29) is 0 Å². The van der Waals surface area contributed by atoms with Gasteiger partial charge < -0.3 is 0 Å². The minimum Gasteiger partial charge on any atom is -0.253 e. The maximum Gasteiger partial charge on any atom is 0.182 e. The molecule has 0 saturated heterocycles. The summed E-state index contributed by atoms with van der Waals surface area (Å²) in [5.74, 6) is 2.41. The number of benzene rings is 6. The molecule has 9 aromatic rings. The lowest BCUT2D eigenvalue weighted by atomic mass is 9.96. The second-order valence-electron chi connectivity index (χ2n) is 12.0. The molecule has 0 aliphatic carbocycles. The van der Waals surface area contributed by atoms with Crippen LogP contribution in [-0.2, 0) is 0 Å². The molecule has 234 valence electrons. The Morgan fingerprint density at radius 3 is 1.58 bits per heavy atom. The summed E-state index contributed by atoms with van der Waals surface area (Å²) in [5, 5.41) is 3.18. The molecule has 0 fully saturated rings. The summed E-state index contributed by atoms with van der Waals surface area (Å²) in [4.78, 5) is 29.5. The zero-order chi connectivity index (χ0) is 33.3. The van der Waals surface area contributed by atoms with Gasteiger partial charge in [0, 0.05) is 39.2 Å². The van der Waals surface area contributed by atoms with Crippen LogP contribution in [0.1, 0.15) is 0 Å². The molecule has 0 amide bonds. The Labute approximate surface area is 288 Å². The highest BCUT2D eigenvalue weighted by Crippen LogP contribution is 2.36. The SMILES string of the molecule is c1ccc(-c2nc(-c3cccc(-c4ccc5ccc6c(-c7ccccc7)nc(-c7ccccc7)nc6c5c4)c3)nc(-c3ccccn3)n2)cc1. The Kier molecular flexibility index (Phi) is 7.37. The van der Waals surface area contributed by atoms with E-state index in [0.29, 0.717) is 29.0 Å². The zero-order valence-electron chi connectivity index (χ0n) is 26.8. The van der Waals surface area contributed by atoms with Crippen LogP contribution in [0.4, 0.5) is 0 Å². The number of fused-ring (bicyclic) bond motifs is 3. The van der Waals surface area contributed by atoms with Gasteiger partial charge in [0.15, 0.2) is 23.3 Å². The van der Waals surface area contributed by atoms with Crippen molar-refractivity contribution in [2.75, 3.05) is 0 Å². The molecule has 6 nitrogen and oxygen atoms in total. The third-order valence-electron chi connectivity index (χ3n) is 8.78. The van der Waals surface area contributed by atoms with Crippen LogP contribution in [0.25, 0.3) is 89.7 Å². The largest absolute Gasteiger partial charge is 0.253 e. The zero-order valence-corrected chi connectivity index (χ0v) is 26.8. The topological polar surface area (TPSA) is 77.3 Å². The summed E-state index contributed by atoms with van der Waals surface area (Å²) in [6.07, 6.45) is 1.75. The van der Waals surface area contributed by atoms with Crippen molar-refractivity contribution in [3.05, 3.63) is 170 Å². The van der Waals surface area contributed by atoms with Gasteiger partial charge in [-0.1, -0.05) is 133 Å². The highest BCUT2D eigenvalue weighted by Gasteiger charge is 2.16. The monoisotopic (exact) mass is 640 g/mol. The smallest absolute Gasteiger partial charge is 0.182 e. The van der Waals surface area contributed by atoms with Gasteiger partial charge in [-0.3, -0.25) is 4.98 Å². The van der Waals surface area contributed by atoms with Crippen molar-refractivity contribution in [1.82, 2.24) is 29.9 Å². The first-order chi connectivity index (χ1) is 24.8. The Bertz CT molecular complexity index is 2570. The molecule has 0 saturated carbocycles. The van der Waals surface area contributed by atoms with Crippen molar-refractivity contribution in [3.63, 3.8) is 0 Å². The average molecular weight is 641 g/mol. The van der Waals surface area contributed by atoms with Gasteiger partial charge in [-0.05, 0) is 46.8 Å². The summed E-state index contributed by atoms with van der Waals surface area (Å²) in [6.45, 7) is 0. The minimum absolute atomic E-state index is 0.528. The first kappa shape index (κ1) is 29.2. The number of pyridine rings is 1. The highest BCUT2D eigenvalue weighted by atomic mass is 15.0. The molecular weight excluding hydrogens is 613 g/mol. The van der Waals surface area contributed by atoms with E-state index in [4.69, 9.17) is 24.9 Å². The molecule has 0 unspecified atom stereocenters. The predicted molar refractivity (Wildman–Crippen MR) is 201 cm³/mol. The van der Waals surface area contributed by atoms with Crippen molar-refractivity contribution >= 4 is 21.7 Å². The van der Waals surface area contributed by atoms with Gasteiger partial charge in [-0.2, -0.15) is 0 Å². The number of hydrogen-bond donors (Lipinski definition) is 0. The molecule has 0 bridgehead atoms. The minimum atomic E-state index is 0.528. The molecule has 0 N–H and O–H groups in total. The van der Waals surface area contributed by atoms with E-state index >= 15 is 0 Å². The van der Waals surface area contributed by atoms with Gasteiger partial charge in [-0.25, -0.2) is 24.9 Å². The molecule has 9 rings (SSSR count). The summed E-state index contributed by atoms with van der Waals surface area (Å²) in [6, 6.07) is 55.4. The molecule has 3 aromatic heterocycles. The molecule has 0 atom stereocenters. The van der Waals surface area contributed by atoms with Crippen molar-refractivity contribution in [2.24, 2.45) is 0 Å². The fourth-order valence-electron chi connectivity index (χ4n) is 6.29. The van der Waals surface area contributed by atoms with E-state index in [1.165, 1.54) is 0 Å². The van der Waals surface area contributed by atoms with Gasteiger partial charge in [0.1, 0.15) is 5.69 Å². The lowest BCUT2D eigenvalue weighted by Gasteiger charge is -2.13. The van der Waals surface area contributed by atoms with Crippen molar-refractivity contribution in [3.8, 4) is 68.1 Å². The van der Waals surface area contributed by atoms with Crippen molar-refractivity contribution in [1.29, 1.82) is 0 Å².